The van der Waals surface area contributed by atoms with Crippen LogP contribution in [0.25, 0.3) is 0 Å². The monoisotopic (exact) mass is 266 g/mol. The highest BCUT2D eigenvalue weighted by Crippen LogP contribution is 2.19. The molecule has 1 aromatic carbocycles. The van der Waals surface area contributed by atoms with Gasteiger partial charge in [-0.25, -0.2) is 0 Å². The van der Waals surface area contributed by atoms with Gasteiger partial charge in [-0.2, -0.15) is 0 Å². The Bertz CT molecular complexity index is 386. The lowest BCUT2D eigenvalue weighted by Gasteiger charge is -2.34. The van der Waals surface area contributed by atoms with Gasteiger partial charge in [0.05, 0.1) is 0 Å². The first-order valence-corrected chi connectivity index (χ1v) is 7.28. The largest absolute Gasteiger partial charge is 0.315 e. The van der Waals surface area contributed by atoms with Crippen LogP contribution in [0.4, 0.5) is 0 Å². The summed E-state index contributed by atoms with van der Waals surface area (Å²) in [5.41, 5.74) is 2.69. The molecular weight excluding hydrogens is 244 g/mol. The van der Waals surface area contributed by atoms with Gasteiger partial charge in [0.1, 0.15) is 0 Å². The highest BCUT2D eigenvalue weighted by molar-refractivity contribution is 6.30. The van der Waals surface area contributed by atoms with Gasteiger partial charge in [0, 0.05) is 24.2 Å². The minimum Gasteiger partial charge on any atom is -0.315 e. The van der Waals surface area contributed by atoms with Crippen LogP contribution in [0.3, 0.4) is 0 Å². The molecule has 0 spiro atoms. The summed E-state index contributed by atoms with van der Waals surface area (Å²) in [6, 6.07) is 6.90. The Morgan fingerprint density at radius 1 is 1.44 bits per heavy atom. The first-order valence-electron chi connectivity index (χ1n) is 6.90. The van der Waals surface area contributed by atoms with Crippen molar-refractivity contribution < 1.29 is 0 Å². The zero-order valence-corrected chi connectivity index (χ0v) is 12.1. The van der Waals surface area contributed by atoms with Gasteiger partial charge in [-0.05, 0) is 56.1 Å². The summed E-state index contributed by atoms with van der Waals surface area (Å²) >= 11 is 6.01. The molecule has 2 rings (SSSR count). The Hall–Kier alpha value is -0.570. The molecule has 0 aromatic heterocycles. The van der Waals surface area contributed by atoms with Crippen molar-refractivity contribution >= 4 is 11.6 Å². The summed E-state index contributed by atoms with van der Waals surface area (Å²) < 4.78 is 0. The number of piperidine rings is 1. The molecule has 1 atom stereocenters. The van der Waals surface area contributed by atoms with E-state index in [2.05, 4.69) is 36.2 Å². The van der Waals surface area contributed by atoms with Crippen LogP contribution in [0.1, 0.15) is 30.9 Å². The van der Waals surface area contributed by atoms with Crippen LogP contribution in [0.15, 0.2) is 18.2 Å². The van der Waals surface area contributed by atoms with Crippen molar-refractivity contribution in [1.29, 1.82) is 0 Å². The second-order valence-corrected chi connectivity index (χ2v) is 5.57. The predicted molar refractivity (Wildman–Crippen MR) is 78.2 cm³/mol. The smallest absolute Gasteiger partial charge is 0.0408 e. The van der Waals surface area contributed by atoms with Crippen molar-refractivity contribution in [3.8, 4) is 0 Å². The normalized spacial score (nSPS) is 20.3. The molecule has 1 aromatic rings. The molecule has 0 radical (unpaired) electrons. The molecule has 18 heavy (non-hydrogen) atoms. The summed E-state index contributed by atoms with van der Waals surface area (Å²) in [4.78, 5) is 2.57. The van der Waals surface area contributed by atoms with Crippen LogP contribution in [0, 0.1) is 6.92 Å². The number of halogens is 1. The van der Waals surface area contributed by atoms with Crippen molar-refractivity contribution in [3.05, 3.63) is 34.3 Å². The van der Waals surface area contributed by atoms with E-state index >= 15 is 0 Å². The predicted octanol–water partition coefficient (Wildman–Crippen LogP) is 3.22. The minimum absolute atomic E-state index is 0.679. The Morgan fingerprint density at radius 2 is 2.28 bits per heavy atom. The van der Waals surface area contributed by atoms with E-state index in [0.717, 1.165) is 24.7 Å². The molecule has 1 fully saturated rings. The molecule has 2 nitrogen and oxygen atoms in total. The molecule has 100 valence electrons. The first kappa shape index (κ1) is 13.9. The van der Waals surface area contributed by atoms with Gasteiger partial charge in [0.15, 0.2) is 0 Å². The molecule has 0 aliphatic carbocycles. The summed E-state index contributed by atoms with van der Waals surface area (Å²) in [5, 5.41) is 4.33. The molecule has 1 aliphatic rings. The summed E-state index contributed by atoms with van der Waals surface area (Å²) in [6.07, 6.45) is 2.61. The first-order chi connectivity index (χ1) is 8.70. The molecule has 1 heterocycles. The maximum Gasteiger partial charge on any atom is 0.0408 e. The third-order valence-electron chi connectivity index (χ3n) is 3.87. The maximum atomic E-state index is 6.01. The van der Waals surface area contributed by atoms with E-state index in [1.807, 2.05) is 6.07 Å². The van der Waals surface area contributed by atoms with Crippen molar-refractivity contribution in [2.75, 3.05) is 19.6 Å². The van der Waals surface area contributed by atoms with E-state index in [0.29, 0.717) is 6.04 Å². The standard InChI is InChI=1S/C15H23ClN2/c1-3-18(15-5-4-8-17-10-15)11-13-6-7-14(16)9-12(13)2/h6-7,9,15,17H,3-5,8,10-11H2,1-2H3. The van der Waals surface area contributed by atoms with Gasteiger partial charge in [-0.1, -0.05) is 24.6 Å². The van der Waals surface area contributed by atoms with Crippen LogP contribution in [-0.2, 0) is 6.54 Å². The third-order valence-corrected chi connectivity index (χ3v) is 4.11. The van der Waals surface area contributed by atoms with E-state index in [4.69, 9.17) is 11.6 Å². The zero-order chi connectivity index (χ0) is 13.0. The number of benzene rings is 1. The number of rotatable bonds is 4. The highest BCUT2D eigenvalue weighted by atomic mass is 35.5. The van der Waals surface area contributed by atoms with Crippen molar-refractivity contribution in [3.63, 3.8) is 0 Å². The van der Waals surface area contributed by atoms with Gasteiger partial charge in [0.25, 0.3) is 0 Å². The fraction of sp³-hybridized carbons (Fsp3) is 0.600. The number of hydrogen-bond donors (Lipinski definition) is 1. The average molecular weight is 267 g/mol. The summed E-state index contributed by atoms with van der Waals surface area (Å²) in [6.45, 7) is 8.84. The van der Waals surface area contributed by atoms with Crippen LogP contribution < -0.4 is 5.32 Å². The van der Waals surface area contributed by atoms with Gasteiger partial charge >= 0.3 is 0 Å². The SMILES string of the molecule is CCN(Cc1ccc(Cl)cc1C)C1CCCNC1. The van der Waals surface area contributed by atoms with Crippen LogP contribution in [0.5, 0.6) is 0 Å². The summed E-state index contributed by atoms with van der Waals surface area (Å²) in [7, 11) is 0. The fourth-order valence-electron chi connectivity index (χ4n) is 2.70. The lowest BCUT2D eigenvalue weighted by atomic mass is 10.0. The molecule has 0 amide bonds. The Labute approximate surface area is 115 Å². The van der Waals surface area contributed by atoms with E-state index in [1.54, 1.807) is 0 Å². The molecule has 1 N–H and O–H groups in total. The molecule has 1 saturated heterocycles. The molecular formula is C15H23ClN2. The Balaban J connectivity index is 2.04. The quantitative estimate of drug-likeness (QED) is 0.900. The number of nitrogens with one attached hydrogen (secondary N) is 1. The molecule has 1 unspecified atom stereocenters. The van der Waals surface area contributed by atoms with Gasteiger partial charge in [-0.3, -0.25) is 4.90 Å². The van der Waals surface area contributed by atoms with Gasteiger partial charge in [-0.15, -0.1) is 0 Å². The van der Waals surface area contributed by atoms with Gasteiger partial charge < -0.3 is 5.32 Å². The van der Waals surface area contributed by atoms with Crippen molar-refractivity contribution in [2.24, 2.45) is 0 Å². The maximum absolute atomic E-state index is 6.01. The number of hydrogen-bond acceptors (Lipinski definition) is 2. The third kappa shape index (κ3) is 3.47. The van der Waals surface area contributed by atoms with E-state index in [-0.39, 0.29) is 0 Å². The van der Waals surface area contributed by atoms with Crippen LogP contribution >= 0.6 is 11.6 Å². The lowest BCUT2D eigenvalue weighted by molar-refractivity contribution is 0.166. The topological polar surface area (TPSA) is 15.3 Å². The molecule has 1 aliphatic heterocycles. The van der Waals surface area contributed by atoms with Crippen molar-refractivity contribution in [1.82, 2.24) is 10.2 Å². The van der Waals surface area contributed by atoms with Crippen LogP contribution in [-0.4, -0.2) is 30.6 Å². The number of aryl methyl sites for hydroxylation is 1. The second kappa shape index (κ2) is 6.55. The molecule has 3 heteroatoms. The van der Waals surface area contributed by atoms with Gasteiger partial charge in [0.2, 0.25) is 0 Å². The minimum atomic E-state index is 0.679. The van der Waals surface area contributed by atoms with E-state index in [1.165, 1.54) is 30.5 Å². The number of likely N-dealkylation sites (N-methyl/N-ethyl adjacent to an activating group) is 1. The summed E-state index contributed by atoms with van der Waals surface area (Å²) in [5.74, 6) is 0. The average Bonchev–Trinajstić information content (AvgIpc) is 2.39. The highest BCUT2D eigenvalue weighted by Gasteiger charge is 2.20. The molecule has 0 saturated carbocycles. The van der Waals surface area contributed by atoms with Crippen molar-refractivity contribution in [2.45, 2.75) is 39.3 Å². The fourth-order valence-corrected chi connectivity index (χ4v) is 2.93. The van der Waals surface area contributed by atoms with E-state index < -0.39 is 0 Å². The Morgan fingerprint density at radius 3 is 2.89 bits per heavy atom. The number of nitrogens with zero attached hydrogens (tertiary/aromatic N) is 1. The van der Waals surface area contributed by atoms with E-state index in [9.17, 15) is 0 Å². The molecule has 0 bridgehead atoms. The lowest BCUT2D eigenvalue weighted by Crippen LogP contribution is -2.45. The van der Waals surface area contributed by atoms with Crippen LogP contribution in [0.2, 0.25) is 5.02 Å². The zero-order valence-electron chi connectivity index (χ0n) is 11.4. The second-order valence-electron chi connectivity index (χ2n) is 5.13. The Kier molecular flexibility index (Phi) is 5.04.